The van der Waals surface area contributed by atoms with Gasteiger partial charge in [0.1, 0.15) is 0 Å². The number of carbonyl (C=O) groups excluding carboxylic acids is 2. The highest BCUT2D eigenvalue weighted by Crippen LogP contribution is 2.33. The van der Waals surface area contributed by atoms with E-state index in [0.717, 1.165) is 38.6 Å². The molecule has 0 N–H and O–H groups in total. The lowest BCUT2D eigenvalue weighted by Gasteiger charge is -2.38. The SMILES string of the molecule is CC(C)(C)C(=O)N1CCC(C(=O)N2CCCCCC2c2ccncc2)CC1. The second kappa shape index (κ2) is 8.41. The average Bonchev–Trinajstić information content (AvgIpc) is 2.93. The van der Waals surface area contributed by atoms with Crippen LogP contribution in [0.15, 0.2) is 24.5 Å². The number of carbonyl (C=O) groups is 2. The quantitative estimate of drug-likeness (QED) is 0.794. The van der Waals surface area contributed by atoms with Crippen molar-refractivity contribution < 1.29 is 9.59 Å². The van der Waals surface area contributed by atoms with E-state index in [1.165, 1.54) is 12.0 Å². The Labute approximate surface area is 163 Å². The number of nitrogens with zero attached hydrogens (tertiary/aromatic N) is 3. The third kappa shape index (κ3) is 4.69. The summed E-state index contributed by atoms with van der Waals surface area (Å²) in [6.45, 7) is 8.11. The van der Waals surface area contributed by atoms with Crippen molar-refractivity contribution >= 4 is 11.8 Å². The van der Waals surface area contributed by atoms with Gasteiger partial charge in [-0.3, -0.25) is 14.6 Å². The number of hydrogen-bond acceptors (Lipinski definition) is 3. The molecule has 1 unspecified atom stereocenters. The number of piperidine rings is 1. The summed E-state index contributed by atoms with van der Waals surface area (Å²) in [6, 6.07) is 4.25. The van der Waals surface area contributed by atoms with E-state index >= 15 is 0 Å². The van der Waals surface area contributed by atoms with E-state index < -0.39 is 0 Å². The molecule has 3 rings (SSSR count). The molecule has 1 aromatic heterocycles. The Kier molecular flexibility index (Phi) is 6.18. The molecule has 0 saturated carbocycles. The van der Waals surface area contributed by atoms with Gasteiger partial charge in [0, 0.05) is 43.4 Å². The molecule has 2 fully saturated rings. The summed E-state index contributed by atoms with van der Waals surface area (Å²) in [5.74, 6) is 0.510. The normalized spacial score (nSPS) is 22.4. The van der Waals surface area contributed by atoms with E-state index in [2.05, 4.69) is 9.88 Å². The second-order valence-corrected chi connectivity index (χ2v) is 8.99. The van der Waals surface area contributed by atoms with Gasteiger partial charge in [-0.05, 0) is 43.4 Å². The van der Waals surface area contributed by atoms with Gasteiger partial charge in [0.2, 0.25) is 11.8 Å². The van der Waals surface area contributed by atoms with E-state index in [4.69, 9.17) is 0 Å². The van der Waals surface area contributed by atoms with E-state index in [-0.39, 0.29) is 29.2 Å². The molecule has 5 heteroatoms. The van der Waals surface area contributed by atoms with Gasteiger partial charge in [0.05, 0.1) is 6.04 Å². The maximum absolute atomic E-state index is 13.4. The fraction of sp³-hybridized carbons (Fsp3) is 0.682. The summed E-state index contributed by atoms with van der Waals surface area (Å²) in [4.78, 5) is 34.1. The molecule has 27 heavy (non-hydrogen) atoms. The Morgan fingerprint density at radius 3 is 2.26 bits per heavy atom. The Morgan fingerprint density at radius 2 is 1.63 bits per heavy atom. The maximum Gasteiger partial charge on any atom is 0.227 e. The second-order valence-electron chi connectivity index (χ2n) is 8.99. The minimum absolute atomic E-state index is 0.0384. The zero-order valence-electron chi connectivity index (χ0n) is 17.0. The monoisotopic (exact) mass is 371 g/mol. The lowest BCUT2D eigenvalue weighted by atomic mass is 9.90. The van der Waals surface area contributed by atoms with Crippen molar-refractivity contribution in [1.29, 1.82) is 0 Å². The number of likely N-dealkylation sites (tertiary alicyclic amines) is 2. The largest absolute Gasteiger partial charge is 0.342 e. The third-order valence-electron chi connectivity index (χ3n) is 5.90. The van der Waals surface area contributed by atoms with Gasteiger partial charge < -0.3 is 9.80 Å². The Hall–Kier alpha value is -1.91. The Bertz CT molecular complexity index is 645. The van der Waals surface area contributed by atoms with Crippen molar-refractivity contribution in [3.8, 4) is 0 Å². The number of pyridine rings is 1. The van der Waals surface area contributed by atoms with Crippen LogP contribution in [-0.2, 0) is 9.59 Å². The zero-order valence-corrected chi connectivity index (χ0v) is 17.0. The highest BCUT2D eigenvalue weighted by atomic mass is 16.2. The Morgan fingerprint density at radius 1 is 0.963 bits per heavy atom. The molecule has 5 nitrogen and oxygen atoms in total. The highest BCUT2D eigenvalue weighted by molar-refractivity contribution is 5.83. The summed E-state index contributed by atoms with van der Waals surface area (Å²) in [6.07, 6.45) is 9.64. The van der Waals surface area contributed by atoms with E-state index in [9.17, 15) is 9.59 Å². The Balaban J connectivity index is 1.68. The van der Waals surface area contributed by atoms with Crippen molar-refractivity contribution in [2.75, 3.05) is 19.6 Å². The smallest absolute Gasteiger partial charge is 0.227 e. The van der Waals surface area contributed by atoms with E-state index in [0.29, 0.717) is 13.1 Å². The molecule has 3 heterocycles. The van der Waals surface area contributed by atoms with Crippen LogP contribution in [-0.4, -0.2) is 46.2 Å². The fourth-order valence-corrected chi connectivity index (χ4v) is 4.34. The first-order valence-electron chi connectivity index (χ1n) is 10.4. The van der Waals surface area contributed by atoms with Gasteiger partial charge in [-0.15, -0.1) is 0 Å². The van der Waals surface area contributed by atoms with E-state index in [1.807, 2.05) is 50.2 Å². The molecule has 0 bridgehead atoms. The molecule has 2 aliphatic heterocycles. The van der Waals surface area contributed by atoms with Gasteiger partial charge in [0.15, 0.2) is 0 Å². The molecule has 0 aliphatic carbocycles. The number of aromatic nitrogens is 1. The summed E-state index contributed by atoms with van der Waals surface area (Å²) in [7, 11) is 0. The van der Waals surface area contributed by atoms with Crippen LogP contribution in [0.5, 0.6) is 0 Å². The summed E-state index contributed by atoms with van der Waals surface area (Å²) < 4.78 is 0. The van der Waals surface area contributed by atoms with Crippen molar-refractivity contribution in [1.82, 2.24) is 14.8 Å². The van der Waals surface area contributed by atoms with E-state index in [1.54, 1.807) is 0 Å². The van der Waals surface area contributed by atoms with Gasteiger partial charge in [-0.25, -0.2) is 0 Å². The number of amides is 2. The molecule has 0 spiro atoms. The van der Waals surface area contributed by atoms with Crippen LogP contribution in [0.1, 0.15) is 70.9 Å². The zero-order chi connectivity index (χ0) is 19.4. The maximum atomic E-state index is 13.4. The van der Waals surface area contributed by atoms with Crippen LogP contribution in [0.25, 0.3) is 0 Å². The van der Waals surface area contributed by atoms with Crippen LogP contribution in [0.3, 0.4) is 0 Å². The molecule has 0 radical (unpaired) electrons. The lowest BCUT2D eigenvalue weighted by molar-refractivity contribution is -0.146. The first-order valence-corrected chi connectivity index (χ1v) is 10.4. The molecule has 0 aromatic carbocycles. The average molecular weight is 372 g/mol. The summed E-state index contributed by atoms with van der Waals surface area (Å²) in [5.41, 5.74) is 0.842. The molecular formula is C22H33N3O2. The summed E-state index contributed by atoms with van der Waals surface area (Å²) >= 11 is 0. The van der Waals surface area contributed by atoms with Gasteiger partial charge in [-0.2, -0.15) is 0 Å². The fourth-order valence-electron chi connectivity index (χ4n) is 4.34. The van der Waals surface area contributed by atoms with Crippen molar-refractivity contribution in [2.45, 2.75) is 65.3 Å². The van der Waals surface area contributed by atoms with Crippen LogP contribution >= 0.6 is 0 Å². The third-order valence-corrected chi connectivity index (χ3v) is 5.90. The first kappa shape index (κ1) is 19.8. The number of hydrogen-bond donors (Lipinski definition) is 0. The van der Waals surface area contributed by atoms with Crippen molar-refractivity contribution in [3.63, 3.8) is 0 Å². The molecular weight excluding hydrogens is 338 g/mol. The molecule has 2 aliphatic rings. The topological polar surface area (TPSA) is 53.5 Å². The summed E-state index contributed by atoms with van der Waals surface area (Å²) in [5, 5.41) is 0. The van der Waals surface area contributed by atoms with Crippen LogP contribution in [0.4, 0.5) is 0 Å². The van der Waals surface area contributed by atoms with Crippen LogP contribution in [0, 0.1) is 11.3 Å². The molecule has 2 amide bonds. The first-order chi connectivity index (χ1) is 12.9. The number of rotatable bonds is 2. The van der Waals surface area contributed by atoms with Crippen LogP contribution in [0.2, 0.25) is 0 Å². The molecule has 1 aromatic rings. The van der Waals surface area contributed by atoms with Crippen molar-refractivity contribution in [3.05, 3.63) is 30.1 Å². The van der Waals surface area contributed by atoms with Gasteiger partial charge in [-0.1, -0.05) is 33.6 Å². The van der Waals surface area contributed by atoms with Crippen LogP contribution < -0.4 is 0 Å². The van der Waals surface area contributed by atoms with Gasteiger partial charge >= 0.3 is 0 Å². The molecule has 148 valence electrons. The standard InChI is InChI=1S/C22H33N3O2/c1-22(2,3)21(27)24-15-10-18(11-16-24)20(26)25-14-6-4-5-7-19(25)17-8-12-23-13-9-17/h8-9,12-13,18-19H,4-7,10-11,14-16H2,1-3H3. The predicted molar refractivity (Wildman–Crippen MR) is 106 cm³/mol. The predicted octanol–water partition coefficient (Wildman–Crippen LogP) is 3.81. The minimum Gasteiger partial charge on any atom is -0.342 e. The van der Waals surface area contributed by atoms with Crippen molar-refractivity contribution in [2.24, 2.45) is 11.3 Å². The molecule has 1 atom stereocenters. The molecule has 2 saturated heterocycles. The lowest BCUT2D eigenvalue weighted by Crippen LogP contribution is -2.48. The highest BCUT2D eigenvalue weighted by Gasteiger charge is 2.36. The van der Waals surface area contributed by atoms with Gasteiger partial charge in [0.25, 0.3) is 0 Å². The minimum atomic E-state index is -0.353.